The predicted molar refractivity (Wildman–Crippen MR) is 87.0 cm³/mol. The number of hydrogen-bond donors (Lipinski definition) is 2. The fourth-order valence-corrected chi connectivity index (χ4v) is 2.87. The van der Waals surface area contributed by atoms with Crippen LogP contribution >= 0.6 is 12.4 Å². The summed E-state index contributed by atoms with van der Waals surface area (Å²) in [5, 5.41) is 6.24. The van der Waals surface area contributed by atoms with E-state index < -0.39 is 0 Å². The summed E-state index contributed by atoms with van der Waals surface area (Å²) >= 11 is 0. The Balaban J connectivity index is 0.00000220. The second-order valence-electron chi connectivity index (χ2n) is 5.29. The molecule has 1 aliphatic carbocycles. The molecule has 118 valence electrons. The van der Waals surface area contributed by atoms with Gasteiger partial charge in [0.2, 0.25) is 5.91 Å². The summed E-state index contributed by atoms with van der Waals surface area (Å²) in [4.78, 5) is 11.9. The highest BCUT2D eigenvalue weighted by molar-refractivity contribution is 5.85. The summed E-state index contributed by atoms with van der Waals surface area (Å²) in [7, 11) is 1.66. The topological polar surface area (TPSA) is 50.4 Å². The molecular formula is C16H25ClN2O2. The summed E-state index contributed by atoms with van der Waals surface area (Å²) in [5.41, 5.74) is 1.34. The van der Waals surface area contributed by atoms with E-state index in [0.29, 0.717) is 25.6 Å². The van der Waals surface area contributed by atoms with Crippen molar-refractivity contribution in [1.29, 1.82) is 0 Å². The Morgan fingerprint density at radius 3 is 2.76 bits per heavy atom. The van der Waals surface area contributed by atoms with Crippen molar-refractivity contribution in [2.45, 2.75) is 31.2 Å². The van der Waals surface area contributed by atoms with Crippen molar-refractivity contribution in [1.82, 2.24) is 10.6 Å². The van der Waals surface area contributed by atoms with E-state index in [9.17, 15) is 4.79 Å². The molecule has 0 aromatic heterocycles. The van der Waals surface area contributed by atoms with Gasteiger partial charge in [0, 0.05) is 25.6 Å². The van der Waals surface area contributed by atoms with Gasteiger partial charge in [0.05, 0.1) is 13.2 Å². The normalized spacial score (nSPS) is 20.8. The lowest BCUT2D eigenvalue weighted by molar-refractivity contribution is -0.121. The van der Waals surface area contributed by atoms with E-state index in [4.69, 9.17) is 4.74 Å². The second kappa shape index (κ2) is 9.77. The number of ether oxygens (including phenoxy) is 1. The maximum absolute atomic E-state index is 11.9. The van der Waals surface area contributed by atoms with E-state index in [2.05, 4.69) is 34.9 Å². The molecule has 0 aliphatic heterocycles. The van der Waals surface area contributed by atoms with Gasteiger partial charge in [-0.05, 0) is 18.4 Å². The van der Waals surface area contributed by atoms with Gasteiger partial charge in [-0.3, -0.25) is 4.79 Å². The zero-order valence-electron chi connectivity index (χ0n) is 12.5. The van der Waals surface area contributed by atoms with Crippen LogP contribution in [0.5, 0.6) is 0 Å². The molecule has 4 nitrogen and oxygen atoms in total. The van der Waals surface area contributed by atoms with Crippen molar-refractivity contribution < 1.29 is 9.53 Å². The fourth-order valence-electron chi connectivity index (χ4n) is 2.87. The van der Waals surface area contributed by atoms with Crippen LogP contribution in [0, 0.1) is 0 Å². The number of carbonyl (C=O) groups excluding carboxylic acids is 1. The molecule has 2 atom stereocenters. The van der Waals surface area contributed by atoms with Crippen LogP contribution in [0.3, 0.4) is 0 Å². The smallest absolute Gasteiger partial charge is 0.234 e. The quantitative estimate of drug-likeness (QED) is 0.758. The molecule has 0 bridgehead atoms. The number of halogens is 1. The number of rotatable bonds is 7. The molecular weight excluding hydrogens is 288 g/mol. The molecule has 1 aliphatic rings. The zero-order chi connectivity index (χ0) is 14.2. The average molecular weight is 313 g/mol. The summed E-state index contributed by atoms with van der Waals surface area (Å²) < 4.78 is 4.94. The Bertz CT molecular complexity index is 414. The van der Waals surface area contributed by atoms with E-state index in [0.717, 1.165) is 12.8 Å². The van der Waals surface area contributed by atoms with Gasteiger partial charge in [-0.1, -0.05) is 36.8 Å². The molecule has 21 heavy (non-hydrogen) atoms. The molecule has 0 heterocycles. The van der Waals surface area contributed by atoms with Crippen LogP contribution < -0.4 is 10.6 Å². The highest BCUT2D eigenvalue weighted by Crippen LogP contribution is 2.34. The standard InChI is InChI=1S/C16H24N2O2.ClH/c1-20-11-10-17-12-16(19)18-15-9-5-8-14(15)13-6-3-2-4-7-13;/h2-4,6-7,14-15,17H,5,8-12H2,1H3,(H,18,19);1H. The number of hydrogen-bond acceptors (Lipinski definition) is 3. The van der Waals surface area contributed by atoms with Gasteiger partial charge in [-0.2, -0.15) is 0 Å². The maximum Gasteiger partial charge on any atom is 0.234 e. The molecule has 2 N–H and O–H groups in total. The number of nitrogens with one attached hydrogen (secondary N) is 2. The summed E-state index contributed by atoms with van der Waals surface area (Å²) in [5.74, 6) is 0.535. The largest absolute Gasteiger partial charge is 0.383 e. The Kier molecular flexibility index (Phi) is 8.35. The number of amides is 1. The van der Waals surface area contributed by atoms with Gasteiger partial charge in [-0.25, -0.2) is 0 Å². The molecule has 2 unspecified atom stereocenters. The Labute approximate surface area is 133 Å². The highest BCUT2D eigenvalue weighted by atomic mass is 35.5. The van der Waals surface area contributed by atoms with E-state index in [-0.39, 0.29) is 24.4 Å². The minimum absolute atomic E-state index is 0. The van der Waals surface area contributed by atoms with Crippen LogP contribution in [0.1, 0.15) is 30.7 Å². The molecule has 0 radical (unpaired) electrons. The molecule has 1 fully saturated rings. The van der Waals surface area contributed by atoms with Crippen LogP contribution in [0.4, 0.5) is 0 Å². The number of methoxy groups -OCH3 is 1. The monoisotopic (exact) mass is 312 g/mol. The third-order valence-electron chi connectivity index (χ3n) is 3.86. The second-order valence-corrected chi connectivity index (χ2v) is 5.29. The minimum atomic E-state index is 0. The Morgan fingerprint density at radius 1 is 1.29 bits per heavy atom. The van der Waals surface area contributed by atoms with Gasteiger partial charge in [0.15, 0.2) is 0 Å². The first-order valence-corrected chi connectivity index (χ1v) is 7.35. The zero-order valence-corrected chi connectivity index (χ0v) is 13.3. The van der Waals surface area contributed by atoms with E-state index >= 15 is 0 Å². The van der Waals surface area contributed by atoms with E-state index in [1.165, 1.54) is 12.0 Å². The predicted octanol–water partition coefficient (Wildman–Crippen LogP) is 2.10. The lowest BCUT2D eigenvalue weighted by atomic mass is 9.94. The molecule has 0 spiro atoms. The van der Waals surface area contributed by atoms with Gasteiger partial charge in [-0.15, -0.1) is 12.4 Å². The lowest BCUT2D eigenvalue weighted by Gasteiger charge is -2.21. The Morgan fingerprint density at radius 2 is 2.05 bits per heavy atom. The van der Waals surface area contributed by atoms with Gasteiger partial charge >= 0.3 is 0 Å². The number of carbonyl (C=O) groups is 1. The molecule has 1 amide bonds. The molecule has 2 rings (SSSR count). The van der Waals surface area contributed by atoms with Gasteiger partial charge in [0.25, 0.3) is 0 Å². The van der Waals surface area contributed by atoms with Gasteiger partial charge < -0.3 is 15.4 Å². The molecule has 1 saturated carbocycles. The summed E-state index contributed by atoms with van der Waals surface area (Å²) in [6, 6.07) is 10.8. The first kappa shape index (κ1) is 18.0. The molecule has 1 aromatic carbocycles. The van der Waals surface area contributed by atoms with Crippen molar-refractivity contribution in [3.63, 3.8) is 0 Å². The maximum atomic E-state index is 11.9. The SMILES string of the molecule is COCCNCC(=O)NC1CCCC1c1ccccc1.Cl. The Hall–Kier alpha value is -1.10. The van der Waals surface area contributed by atoms with Crippen LogP contribution in [0.15, 0.2) is 30.3 Å². The van der Waals surface area contributed by atoms with E-state index in [1.807, 2.05) is 6.07 Å². The third-order valence-corrected chi connectivity index (χ3v) is 3.86. The van der Waals surface area contributed by atoms with Crippen LogP contribution in [0.25, 0.3) is 0 Å². The first-order chi connectivity index (χ1) is 9.81. The van der Waals surface area contributed by atoms with Crippen LogP contribution in [-0.4, -0.2) is 38.8 Å². The molecule has 0 saturated heterocycles. The van der Waals surface area contributed by atoms with Crippen molar-refractivity contribution >= 4 is 18.3 Å². The summed E-state index contributed by atoms with van der Waals surface area (Å²) in [6.45, 7) is 1.70. The average Bonchev–Trinajstić information content (AvgIpc) is 2.92. The van der Waals surface area contributed by atoms with Crippen molar-refractivity contribution in [3.8, 4) is 0 Å². The van der Waals surface area contributed by atoms with E-state index in [1.54, 1.807) is 7.11 Å². The molecule has 1 aromatic rings. The highest BCUT2D eigenvalue weighted by Gasteiger charge is 2.29. The van der Waals surface area contributed by atoms with Crippen molar-refractivity contribution in [3.05, 3.63) is 35.9 Å². The van der Waals surface area contributed by atoms with Crippen LogP contribution in [0.2, 0.25) is 0 Å². The lowest BCUT2D eigenvalue weighted by Crippen LogP contribution is -2.42. The van der Waals surface area contributed by atoms with Gasteiger partial charge in [0.1, 0.15) is 0 Å². The third kappa shape index (κ3) is 5.65. The molecule has 5 heteroatoms. The first-order valence-electron chi connectivity index (χ1n) is 7.35. The van der Waals surface area contributed by atoms with Crippen LogP contribution in [-0.2, 0) is 9.53 Å². The minimum Gasteiger partial charge on any atom is -0.383 e. The van der Waals surface area contributed by atoms with Crippen molar-refractivity contribution in [2.24, 2.45) is 0 Å². The summed E-state index contributed by atoms with van der Waals surface area (Å²) in [6.07, 6.45) is 3.41. The fraction of sp³-hybridized carbons (Fsp3) is 0.562. The van der Waals surface area contributed by atoms with Crippen molar-refractivity contribution in [2.75, 3.05) is 26.8 Å². The number of benzene rings is 1.